The Morgan fingerprint density at radius 3 is 2.27 bits per heavy atom. The van der Waals surface area contributed by atoms with E-state index in [0.29, 0.717) is 35.7 Å². The van der Waals surface area contributed by atoms with Crippen molar-refractivity contribution in [3.63, 3.8) is 0 Å². The van der Waals surface area contributed by atoms with Gasteiger partial charge in [0.1, 0.15) is 5.82 Å². The van der Waals surface area contributed by atoms with Crippen molar-refractivity contribution in [1.29, 1.82) is 0 Å². The molecule has 0 spiro atoms. The maximum Gasteiger partial charge on any atom is 0.416 e. The Morgan fingerprint density at radius 2 is 1.64 bits per heavy atom. The molecule has 1 heterocycles. The number of halogens is 5. The molecule has 0 amide bonds. The topological polar surface area (TPSA) is 24.9 Å². The van der Waals surface area contributed by atoms with Crippen LogP contribution in [-0.2, 0) is 18.1 Å². The van der Waals surface area contributed by atoms with Crippen LogP contribution in [-0.4, -0.2) is 11.5 Å². The largest absolute Gasteiger partial charge is 0.416 e. The first kappa shape index (κ1) is 23.7. The summed E-state index contributed by atoms with van der Waals surface area (Å²) in [5.74, 6) is -0.531. The molecule has 1 aromatic heterocycles. The summed E-state index contributed by atoms with van der Waals surface area (Å²) in [5, 5.41) is 3.96. The third-order valence-electron chi connectivity index (χ3n) is 6.36. The van der Waals surface area contributed by atoms with Gasteiger partial charge in [0.15, 0.2) is 0 Å². The number of nitrogens with one attached hydrogen (secondary N) is 1. The van der Waals surface area contributed by atoms with Crippen LogP contribution in [0.5, 0.6) is 0 Å². The van der Waals surface area contributed by atoms with Crippen LogP contribution < -0.4 is 5.32 Å². The van der Waals surface area contributed by atoms with Crippen LogP contribution in [0.15, 0.2) is 66.9 Å². The Morgan fingerprint density at radius 1 is 0.939 bits per heavy atom. The van der Waals surface area contributed by atoms with E-state index in [1.807, 2.05) is 30.3 Å². The fourth-order valence-corrected chi connectivity index (χ4v) is 4.77. The maximum atomic E-state index is 14.6. The number of hydrogen-bond donors (Lipinski definition) is 1. The van der Waals surface area contributed by atoms with Gasteiger partial charge in [0, 0.05) is 12.6 Å². The van der Waals surface area contributed by atoms with Gasteiger partial charge in [-0.1, -0.05) is 54.8 Å². The smallest absolute Gasteiger partial charge is 0.302 e. The van der Waals surface area contributed by atoms with Crippen molar-refractivity contribution < 1.29 is 17.6 Å². The highest BCUT2D eigenvalue weighted by molar-refractivity contribution is 6.30. The Labute approximate surface area is 196 Å². The molecule has 1 fully saturated rings. The number of rotatable bonds is 7. The van der Waals surface area contributed by atoms with Crippen LogP contribution in [0.25, 0.3) is 0 Å². The number of benzene rings is 2. The molecule has 7 heteroatoms. The molecule has 1 atom stereocenters. The summed E-state index contributed by atoms with van der Waals surface area (Å²) in [6.07, 6.45) is 1.48. The maximum absolute atomic E-state index is 14.6. The quantitative estimate of drug-likeness (QED) is 0.366. The van der Waals surface area contributed by atoms with Crippen LogP contribution in [0.4, 0.5) is 17.6 Å². The van der Waals surface area contributed by atoms with Crippen molar-refractivity contribution in [3.8, 4) is 0 Å². The molecule has 3 aromatic rings. The second-order valence-electron chi connectivity index (χ2n) is 8.69. The summed E-state index contributed by atoms with van der Waals surface area (Å²) in [6.45, 7) is 0.592. The first-order chi connectivity index (χ1) is 15.8. The van der Waals surface area contributed by atoms with Gasteiger partial charge in [0.25, 0.3) is 0 Å². The molecule has 4 rings (SSSR count). The van der Waals surface area contributed by atoms with Gasteiger partial charge in [-0.15, -0.1) is 0 Å². The van der Waals surface area contributed by atoms with E-state index in [9.17, 15) is 17.6 Å². The van der Waals surface area contributed by atoms with E-state index >= 15 is 0 Å². The zero-order chi connectivity index (χ0) is 23.5. The highest BCUT2D eigenvalue weighted by atomic mass is 35.5. The third-order valence-corrected chi connectivity index (χ3v) is 6.59. The van der Waals surface area contributed by atoms with Crippen molar-refractivity contribution >= 4 is 11.6 Å². The average Bonchev–Trinajstić information content (AvgIpc) is 3.31. The standard InChI is InChI=1S/C26H25ClF4N2/c27-22-10-11-24(32-17-22)25(15-18-6-2-1-3-7-18,33-16-19-8-4-5-9-19)20-12-21(26(29,30)31)14-23(28)13-20/h1-3,6-7,10-14,17,19,33H,4-5,8-9,15-16H2. The molecule has 0 bridgehead atoms. The van der Waals surface area contributed by atoms with E-state index < -0.39 is 23.1 Å². The van der Waals surface area contributed by atoms with E-state index in [1.165, 1.54) is 12.3 Å². The molecule has 1 saturated carbocycles. The van der Waals surface area contributed by atoms with Crippen molar-refractivity contribution in [2.24, 2.45) is 5.92 Å². The minimum atomic E-state index is -4.67. The van der Waals surface area contributed by atoms with E-state index in [4.69, 9.17) is 11.6 Å². The molecule has 2 aromatic carbocycles. The van der Waals surface area contributed by atoms with E-state index in [0.717, 1.165) is 37.3 Å². The van der Waals surface area contributed by atoms with E-state index in [1.54, 1.807) is 12.1 Å². The lowest BCUT2D eigenvalue weighted by molar-refractivity contribution is -0.137. The van der Waals surface area contributed by atoms with Gasteiger partial charge in [-0.3, -0.25) is 4.98 Å². The fraction of sp³-hybridized carbons (Fsp3) is 0.346. The molecular weight excluding hydrogens is 452 g/mol. The Hall–Kier alpha value is -2.44. The molecule has 1 N–H and O–H groups in total. The second-order valence-corrected chi connectivity index (χ2v) is 9.12. The molecule has 1 aliphatic rings. The molecule has 0 aliphatic heterocycles. The van der Waals surface area contributed by atoms with Gasteiger partial charge in [0.05, 0.1) is 21.8 Å². The number of hydrogen-bond acceptors (Lipinski definition) is 2. The van der Waals surface area contributed by atoms with Crippen molar-refractivity contribution in [2.45, 2.75) is 43.8 Å². The van der Waals surface area contributed by atoms with Gasteiger partial charge in [-0.25, -0.2) is 4.39 Å². The summed E-state index contributed by atoms with van der Waals surface area (Å²) in [6, 6.07) is 15.5. The highest BCUT2D eigenvalue weighted by Crippen LogP contribution is 2.38. The van der Waals surface area contributed by atoms with Crippen LogP contribution >= 0.6 is 11.6 Å². The predicted molar refractivity (Wildman–Crippen MR) is 122 cm³/mol. The zero-order valence-electron chi connectivity index (χ0n) is 18.0. The van der Waals surface area contributed by atoms with Gasteiger partial charge in [-0.05, 0) is 66.8 Å². The molecule has 1 aliphatic carbocycles. The number of alkyl halides is 3. The average molecular weight is 477 g/mol. The van der Waals surface area contributed by atoms with Crippen molar-refractivity contribution in [2.75, 3.05) is 6.54 Å². The summed E-state index contributed by atoms with van der Waals surface area (Å²) in [7, 11) is 0. The number of nitrogens with zero attached hydrogens (tertiary/aromatic N) is 1. The van der Waals surface area contributed by atoms with Gasteiger partial charge in [0.2, 0.25) is 0 Å². The summed E-state index contributed by atoms with van der Waals surface area (Å²) < 4.78 is 55.5. The SMILES string of the molecule is Fc1cc(C(F)(F)F)cc(C(Cc2ccccc2)(NCC2CCCC2)c2ccc(Cl)cn2)c1. The van der Waals surface area contributed by atoms with Gasteiger partial charge in [-0.2, -0.15) is 13.2 Å². The second kappa shape index (κ2) is 9.82. The molecule has 33 heavy (non-hydrogen) atoms. The molecular formula is C26H25ClF4N2. The first-order valence-corrected chi connectivity index (χ1v) is 11.4. The zero-order valence-corrected chi connectivity index (χ0v) is 18.8. The van der Waals surface area contributed by atoms with E-state index in [-0.39, 0.29) is 5.56 Å². The first-order valence-electron chi connectivity index (χ1n) is 11.1. The lowest BCUT2D eigenvalue weighted by Crippen LogP contribution is -2.48. The Kier molecular flexibility index (Phi) is 7.05. The normalized spacial score (nSPS) is 16.6. The van der Waals surface area contributed by atoms with Crippen molar-refractivity contribution in [3.05, 3.63) is 100 Å². The summed E-state index contributed by atoms with van der Waals surface area (Å²) in [5.41, 5.74) is -0.618. The Bertz CT molecular complexity index is 1060. The van der Waals surface area contributed by atoms with Crippen LogP contribution in [0, 0.1) is 11.7 Å². The van der Waals surface area contributed by atoms with Crippen molar-refractivity contribution in [1.82, 2.24) is 10.3 Å². The molecule has 1 unspecified atom stereocenters. The Balaban J connectivity index is 1.89. The minimum Gasteiger partial charge on any atom is -0.302 e. The number of pyridine rings is 1. The van der Waals surface area contributed by atoms with Gasteiger partial charge < -0.3 is 5.32 Å². The summed E-state index contributed by atoms with van der Waals surface area (Å²) in [4.78, 5) is 4.49. The predicted octanol–water partition coefficient (Wildman–Crippen LogP) is 7.16. The fourth-order valence-electron chi connectivity index (χ4n) is 4.66. The molecule has 2 nitrogen and oxygen atoms in total. The van der Waals surface area contributed by atoms with Gasteiger partial charge >= 0.3 is 6.18 Å². The molecule has 0 radical (unpaired) electrons. The lowest BCUT2D eigenvalue weighted by Gasteiger charge is -2.37. The van der Waals surface area contributed by atoms with Crippen LogP contribution in [0.1, 0.15) is 48.1 Å². The lowest BCUT2D eigenvalue weighted by atomic mass is 9.79. The molecule has 174 valence electrons. The minimum absolute atomic E-state index is 0.187. The monoisotopic (exact) mass is 476 g/mol. The third kappa shape index (κ3) is 5.56. The van der Waals surface area contributed by atoms with Crippen LogP contribution in [0.3, 0.4) is 0 Å². The number of aromatic nitrogens is 1. The molecule has 0 saturated heterocycles. The summed E-state index contributed by atoms with van der Waals surface area (Å²) >= 11 is 6.07. The highest BCUT2D eigenvalue weighted by Gasteiger charge is 2.40. The van der Waals surface area contributed by atoms with Crippen LogP contribution in [0.2, 0.25) is 5.02 Å². The van der Waals surface area contributed by atoms with E-state index in [2.05, 4.69) is 10.3 Å².